The second-order valence-electron chi connectivity index (χ2n) is 6.02. The van der Waals surface area contributed by atoms with Crippen LogP contribution >= 0.6 is 0 Å². The SMILES string of the molecule is CC(=O)Nc1cccc(NC(=O)Cc2nc(-c3ccc(F)cc3)oc2C)c1. The normalized spacial score (nSPS) is 10.5. The highest BCUT2D eigenvalue weighted by molar-refractivity contribution is 5.94. The molecule has 2 amide bonds. The van der Waals surface area contributed by atoms with Crippen LogP contribution in [0.3, 0.4) is 0 Å². The Morgan fingerprint density at radius 3 is 2.41 bits per heavy atom. The van der Waals surface area contributed by atoms with E-state index in [-0.39, 0.29) is 24.1 Å². The number of oxazole rings is 1. The molecule has 1 aromatic heterocycles. The molecule has 0 aliphatic rings. The van der Waals surface area contributed by atoms with Gasteiger partial charge in [0.25, 0.3) is 0 Å². The van der Waals surface area contributed by atoms with Crippen molar-refractivity contribution in [2.45, 2.75) is 20.3 Å². The van der Waals surface area contributed by atoms with E-state index in [4.69, 9.17) is 4.42 Å². The molecule has 0 saturated carbocycles. The third-order valence-corrected chi connectivity index (χ3v) is 3.78. The maximum atomic E-state index is 13.0. The zero-order valence-electron chi connectivity index (χ0n) is 14.9. The second kappa shape index (κ2) is 7.82. The molecule has 0 atom stereocenters. The molecule has 0 aliphatic carbocycles. The van der Waals surface area contributed by atoms with E-state index in [1.165, 1.54) is 19.1 Å². The number of aryl methyl sites for hydroxylation is 1. The molecule has 27 heavy (non-hydrogen) atoms. The van der Waals surface area contributed by atoms with Gasteiger partial charge in [-0.15, -0.1) is 0 Å². The molecule has 0 bridgehead atoms. The Morgan fingerprint density at radius 2 is 1.74 bits per heavy atom. The monoisotopic (exact) mass is 367 g/mol. The molecule has 6 nitrogen and oxygen atoms in total. The summed E-state index contributed by atoms with van der Waals surface area (Å²) in [6.45, 7) is 3.14. The molecule has 0 aliphatic heterocycles. The maximum absolute atomic E-state index is 13.0. The fourth-order valence-electron chi connectivity index (χ4n) is 2.54. The number of hydrogen-bond donors (Lipinski definition) is 2. The van der Waals surface area contributed by atoms with E-state index in [0.29, 0.717) is 34.3 Å². The summed E-state index contributed by atoms with van der Waals surface area (Å²) >= 11 is 0. The number of rotatable bonds is 5. The van der Waals surface area contributed by atoms with Crippen molar-refractivity contribution in [1.82, 2.24) is 4.98 Å². The molecular formula is C20H18FN3O3. The van der Waals surface area contributed by atoms with Gasteiger partial charge in [-0.1, -0.05) is 6.07 Å². The minimum atomic E-state index is -0.344. The van der Waals surface area contributed by atoms with Gasteiger partial charge in [-0.2, -0.15) is 0 Å². The van der Waals surface area contributed by atoms with Crippen LogP contribution in [0.1, 0.15) is 18.4 Å². The largest absolute Gasteiger partial charge is 0.441 e. The summed E-state index contributed by atoms with van der Waals surface area (Å²) in [5.41, 5.74) is 2.29. The zero-order chi connectivity index (χ0) is 19.4. The first-order valence-corrected chi connectivity index (χ1v) is 8.30. The van der Waals surface area contributed by atoms with E-state index < -0.39 is 0 Å². The summed E-state index contributed by atoms with van der Waals surface area (Å²) in [6, 6.07) is 12.6. The quantitative estimate of drug-likeness (QED) is 0.716. The average molecular weight is 367 g/mol. The van der Waals surface area contributed by atoms with Gasteiger partial charge in [-0.25, -0.2) is 9.37 Å². The number of carbonyl (C=O) groups excluding carboxylic acids is 2. The van der Waals surface area contributed by atoms with E-state index in [1.807, 2.05) is 0 Å². The predicted molar refractivity (Wildman–Crippen MR) is 99.7 cm³/mol. The molecule has 0 fully saturated rings. The number of halogens is 1. The first-order valence-electron chi connectivity index (χ1n) is 8.30. The molecule has 3 rings (SSSR count). The number of hydrogen-bond acceptors (Lipinski definition) is 4. The van der Waals surface area contributed by atoms with E-state index in [2.05, 4.69) is 15.6 Å². The topological polar surface area (TPSA) is 84.2 Å². The van der Waals surface area contributed by atoms with E-state index in [1.54, 1.807) is 43.3 Å². The first-order chi connectivity index (χ1) is 12.9. The lowest BCUT2D eigenvalue weighted by atomic mass is 10.2. The van der Waals surface area contributed by atoms with Gasteiger partial charge in [0.15, 0.2) is 0 Å². The third kappa shape index (κ3) is 4.78. The lowest BCUT2D eigenvalue weighted by molar-refractivity contribution is -0.116. The summed E-state index contributed by atoms with van der Waals surface area (Å²) in [6.07, 6.45) is 0.0287. The lowest BCUT2D eigenvalue weighted by Gasteiger charge is -2.07. The predicted octanol–water partition coefficient (Wildman–Crippen LogP) is 3.93. The Bertz CT molecular complexity index is 980. The highest BCUT2D eigenvalue weighted by atomic mass is 19.1. The number of carbonyl (C=O) groups is 2. The average Bonchev–Trinajstić information content (AvgIpc) is 2.95. The number of anilines is 2. The minimum absolute atomic E-state index is 0.0287. The third-order valence-electron chi connectivity index (χ3n) is 3.78. The van der Waals surface area contributed by atoms with Crippen LogP contribution < -0.4 is 10.6 Å². The van der Waals surface area contributed by atoms with E-state index >= 15 is 0 Å². The summed E-state index contributed by atoms with van der Waals surface area (Å²) in [4.78, 5) is 27.8. The van der Waals surface area contributed by atoms with Gasteiger partial charge in [-0.3, -0.25) is 9.59 Å². The number of nitrogens with one attached hydrogen (secondary N) is 2. The maximum Gasteiger partial charge on any atom is 0.230 e. The Kier molecular flexibility index (Phi) is 5.30. The smallest absolute Gasteiger partial charge is 0.230 e. The second-order valence-corrected chi connectivity index (χ2v) is 6.02. The molecule has 0 radical (unpaired) electrons. The zero-order valence-corrected chi connectivity index (χ0v) is 14.9. The fourth-order valence-corrected chi connectivity index (χ4v) is 2.54. The van der Waals surface area contributed by atoms with E-state index in [9.17, 15) is 14.0 Å². The van der Waals surface area contributed by atoms with Crippen molar-refractivity contribution in [2.24, 2.45) is 0 Å². The minimum Gasteiger partial charge on any atom is -0.441 e. The molecule has 2 N–H and O–H groups in total. The van der Waals surface area contributed by atoms with Crippen LogP contribution in [0, 0.1) is 12.7 Å². The van der Waals surface area contributed by atoms with Gasteiger partial charge in [0.1, 0.15) is 11.6 Å². The number of benzene rings is 2. The molecule has 0 saturated heterocycles. The van der Waals surface area contributed by atoms with Crippen molar-refractivity contribution in [1.29, 1.82) is 0 Å². The Morgan fingerprint density at radius 1 is 1.07 bits per heavy atom. The Balaban J connectivity index is 1.69. The summed E-state index contributed by atoms with van der Waals surface area (Å²) in [5.74, 6) is 0.0598. The molecule has 3 aromatic rings. The first kappa shape index (κ1) is 18.3. The standard InChI is InChI=1S/C20H18FN3O3/c1-12-18(24-20(27-12)14-6-8-15(21)9-7-14)11-19(26)23-17-5-3-4-16(10-17)22-13(2)25/h3-10H,11H2,1-2H3,(H,22,25)(H,23,26). The van der Waals surface area contributed by atoms with Crippen molar-refractivity contribution in [3.63, 3.8) is 0 Å². The van der Waals surface area contributed by atoms with Crippen LogP contribution in [-0.2, 0) is 16.0 Å². The Labute approximate surface area is 155 Å². The van der Waals surface area contributed by atoms with Crippen molar-refractivity contribution in [3.05, 3.63) is 65.8 Å². The lowest BCUT2D eigenvalue weighted by Crippen LogP contribution is -2.15. The number of aromatic nitrogens is 1. The summed E-state index contributed by atoms with van der Waals surface area (Å²) < 4.78 is 18.6. The highest BCUT2D eigenvalue weighted by Crippen LogP contribution is 2.23. The van der Waals surface area contributed by atoms with Gasteiger partial charge in [0.2, 0.25) is 17.7 Å². The molecule has 2 aromatic carbocycles. The van der Waals surface area contributed by atoms with Gasteiger partial charge in [-0.05, 0) is 49.4 Å². The summed E-state index contributed by atoms with van der Waals surface area (Å²) in [5, 5.41) is 5.42. The van der Waals surface area contributed by atoms with Crippen LogP contribution in [0.4, 0.5) is 15.8 Å². The van der Waals surface area contributed by atoms with Crippen LogP contribution in [0.25, 0.3) is 11.5 Å². The Hall–Kier alpha value is -3.48. The van der Waals surface area contributed by atoms with Gasteiger partial charge < -0.3 is 15.1 Å². The van der Waals surface area contributed by atoms with Crippen molar-refractivity contribution in [3.8, 4) is 11.5 Å². The molecule has 1 heterocycles. The fraction of sp³-hybridized carbons (Fsp3) is 0.150. The van der Waals surface area contributed by atoms with Crippen molar-refractivity contribution in [2.75, 3.05) is 10.6 Å². The van der Waals surface area contributed by atoms with Crippen molar-refractivity contribution >= 4 is 23.2 Å². The number of amides is 2. The molecule has 138 valence electrons. The molecule has 0 unspecified atom stereocenters. The molecule has 0 spiro atoms. The van der Waals surface area contributed by atoms with Crippen LogP contribution in [-0.4, -0.2) is 16.8 Å². The van der Waals surface area contributed by atoms with Crippen LogP contribution in [0.5, 0.6) is 0 Å². The molecular weight excluding hydrogens is 349 g/mol. The van der Waals surface area contributed by atoms with Crippen LogP contribution in [0.15, 0.2) is 52.9 Å². The van der Waals surface area contributed by atoms with Crippen LogP contribution in [0.2, 0.25) is 0 Å². The van der Waals surface area contributed by atoms with Gasteiger partial charge in [0.05, 0.1) is 12.1 Å². The highest BCUT2D eigenvalue weighted by Gasteiger charge is 2.15. The number of nitrogens with zero attached hydrogens (tertiary/aromatic N) is 1. The summed E-state index contributed by atoms with van der Waals surface area (Å²) in [7, 11) is 0. The van der Waals surface area contributed by atoms with E-state index in [0.717, 1.165) is 0 Å². The van der Waals surface area contributed by atoms with Gasteiger partial charge in [0, 0.05) is 23.9 Å². The van der Waals surface area contributed by atoms with Crippen molar-refractivity contribution < 1.29 is 18.4 Å². The molecule has 7 heteroatoms. The van der Waals surface area contributed by atoms with Gasteiger partial charge >= 0.3 is 0 Å².